The van der Waals surface area contributed by atoms with Gasteiger partial charge in [0.25, 0.3) is 0 Å². The Hall–Kier alpha value is -0.390. The van der Waals surface area contributed by atoms with Crippen molar-refractivity contribution in [2.75, 3.05) is 6.26 Å². The molecule has 0 spiro atoms. The van der Waals surface area contributed by atoms with Crippen molar-refractivity contribution in [1.29, 1.82) is 5.26 Å². The third kappa shape index (κ3) is 2.47. The maximum absolute atomic E-state index is 8.53. The maximum atomic E-state index is 8.53. The van der Waals surface area contributed by atoms with Gasteiger partial charge in [-0.1, -0.05) is 18.2 Å². The predicted octanol–water partition coefficient (Wildman–Crippen LogP) is 2.90. The molecule has 0 radical (unpaired) electrons. The lowest BCUT2D eigenvalue weighted by atomic mass is 10.2. The van der Waals surface area contributed by atoms with Crippen molar-refractivity contribution < 1.29 is 0 Å². The summed E-state index contributed by atoms with van der Waals surface area (Å²) in [7, 11) is 0. The SMILES string of the molecule is C=C(C)/C(C#N)=C(/Cl)SC. The lowest BCUT2D eigenvalue weighted by Crippen LogP contribution is -1.80. The third-order valence-electron chi connectivity index (χ3n) is 0.914. The summed E-state index contributed by atoms with van der Waals surface area (Å²) in [5, 5.41) is 8.53. The van der Waals surface area contributed by atoms with Crippen molar-refractivity contribution in [3.05, 3.63) is 22.1 Å². The largest absolute Gasteiger partial charge is 0.192 e. The van der Waals surface area contributed by atoms with Gasteiger partial charge in [-0.3, -0.25) is 0 Å². The molecule has 0 aliphatic rings. The molecule has 0 atom stereocenters. The van der Waals surface area contributed by atoms with Gasteiger partial charge in [0, 0.05) is 0 Å². The summed E-state index contributed by atoms with van der Waals surface area (Å²) in [5.74, 6) is 0. The minimum atomic E-state index is 0.481. The first-order valence-electron chi connectivity index (χ1n) is 2.63. The molecule has 0 aromatic rings. The fourth-order valence-corrected chi connectivity index (χ4v) is 1.04. The molecule has 0 saturated carbocycles. The smallest absolute Gasteiger partial charge is 0.102 e. The quantitative estimate of drug-likeness (QED) is 0.474. The van der Waals surface area contributed by atoms with Crippen LogP contribution in [-0.2, 0) is 0 Å². The Balaban J connectivity index is 4.68. The molecule has 0 saturated heterocycles. The number of nitriles is 1. The van der Waals surface area contributed by atoms with E-state index in [1.807, 2.05) is 12.3 Å². The number of hydrogen-bond acceptors (Lipinski definition) is 2. The molecule has 0 unspecified atom stereocenters. The Labute approximate surface area is 70.4 Å². The molecule has 0 fully saturated rings. The van der Waals surface area contributed by atoms with Crippen LogP contribution in [0.15, 0.2) is 22.1 Å². The molecule has 0 aliphatic heterocycles. The second-order valence-corrected chi connectivity index (χ2v) is 3.16. The van der Waals surface area contributed by atoms with Crippen molar-refractivity contribution in [3.63, 3.8) is 0 Å². The number of thioether (sulfide) groups is 1. The molecule has 0 amide bonds. The van der Waals surface area contributed by atoms with E-state index < -0.39 is 0 Å². The van der Waals surface area contributed by atoms with Gasteiger partial charge >= 0.3 is 0 Å². The van der Waals surface area contributed by atoms with Crippen molar-refractivity contribution in [2.45, 2.75) is 6.92 Å². The van der Waals surface area contributed by atoms with E-state index >= 15 is 0 Å². The van der Waals surface area contributed by atoms with E-state index in [4.69, 9.17) is 16.9 Å². The zero-order chi connectivity index (χ0) is 8.15. The summed E-state index contributed by atoms with van der Waals surface area (Å²) in [4.78, 5) is 0. The molecular weight excluding hydrogens is 166 g/mol. The van der Waals surface area contributed by atoms with Gasteiger partial charge in [-0.15, -0.1) is 11.8 Å². The molecule has 0 bridgehead atoms. The summed E-state index contributed by atoms with van der Waals surface area (Å²) in [6.45, 7) is 5.38. The normalized spacial score (nSPS) is 11.8. The molecule has 3 heteroatoms. The highest BCUT2D eigenvalue weighted by atomic mass is 35.5. The second kappa shape index (κ2) is 4.43. The van der Waals surface area contributed by atoms with Gasteiger partial charge in [-0.05, 0) is 18.8 Å². The van der Waals surface area contributed by atoms with Crippen LogP contribution in [0.4, 0.5) is 0 Å². The number of halogens is 1. The van der Waals surface area contributed by atoms with Crippen LogP contribution in [0, 0.1) is 11.3 Å². The fourth-order valence-electron chi connectivity index (χ4n) is 0.409. The van der Waals surface area contributed by atoms with E-state index in [0.717, 1.165) is 0 Å². The van der Waals surface area contributed by atoms with Crippen LogP contribution >= 0.6 is 23.4 Å². The highest BCUT2D eigenvalue weighted by molar-refractivity contribution is 8.03. The molecular formula is C7H8ClNS. The van der Waals surface area contributed by atoms with Crippen molar-refractivity contribution in [1.82, 2.24) is 0 Å². The van der Waals surface area contributed by atoms with Gasteiger partial charge in [0.05, 0.1) is 9.94 Å². The fraction of sp³-hybridized carbons (Fsp3) is 0.286. The van der Waals surface area contributed by atoms with Crippen LogP contribution in [0.25, 0.3) is 0 Å². The predicted molar refractivity (Wildman–Crippen MR) is 46.8 cm³/mol. The number of allylic oxidation sites excluding steroid dienone is 2. The standard InChI is InChI=1S/C7H8ClNS/c1-5(2)6(4-9)7(8)10-3/h1H2,2-3H3/b7-6-. The average Bonchev–Trinajstić information content (AvgIpc) is 1.88. The van der Waals surface area contributed by atoms with E-state index in [9.17, 15) is 0 Å². The van der Waals surface area contributed by atoms with Gasteiger partial charge in [-0.25, -0.2) is 0 Å². The summed E-state index contributed by atoms with van der Waals surface area (Å²) >= 11 is 7.03. The second-order valence-electron chi connectivity index (χ2n) is 1.74. The van der Waals surface area contributed by atoms with Gasteiger partial charge < -0.3 is 0 Å². The average molecular weight is 174 g/mol. The molecule has 0 heterocycles. The van der Waals surface area contributed by atoms with E-state index in [2.05, 4.69) is 6.58 Å². The molecule has 0 aromatic carbocycles. The topological polar surface area (TPSA) is 23.8 Å². The van der Waals surface area contributed by atoms with Gasteiger partial charge in [-0.2, -0.15) is 5.26 Å². The van der Waals surface area contributed by atoms with Crippen molar-refractivity contribution in [2.24, 2.45) is 0 Å². The molecule has 0 aliphatic carbocycles. The molecule has 1 nitrogen and oxygen atoms in total. The number of rotatable bonds is 2. The molecule has 0 N–H and O–H groups in total. The molecule has 54 valence electrons. The molecule has 10 heavy (non-hydrogen) atoms. The van der Waals surface area contributed by atoms with Crippen LogP contribution in [-0.4, -0.2) is 6.26 Å². The Bertz CT molecular complexity index is 212. The Morgan fingerprint density at radius 2 is 2.20 bits per heavy atom. The van der Waals surface area contributed by atoms with Gasteiger partial charge in [0.1, 0.15) is 6.07 Å². The Morgan fingerprint density at radius 1 is 1.70 bits per heavy atom. The summed E-state index contributed by atoms with van der Waals surface area (Å²) in [6.07, 6.45) is 1.82. The molecule has 0 rings (SSSR count). The monoisotopic (exact) mass is 173 g/mol. The Kier molecular flexibility index (Phi) is 4.26. The number of nitrogens with zero attached hydrogens (tertiary/aromatic N) is 1. The van der Waals surface area contributed by atoms with Crippen molar-refractivity contribution in [3.8, 4) is 6.07 Å². The van der Waals surface area contributed by atoms with Crippen molar-refractivity contribution >= 4 is 23.4 Å². The van der Waals surface area contributed by atoms with Gasteiger partial charge in [0.15, 0.2) is 0 Å². The van der Waals surface area contributed by atoms with E-state index in [1.54, 1.807) is 6.92 Å². The van der Waals surface area contributed by atoms with Gasteiger partial charge in [0.2, 0.25) is 0 Å². The minimum Gasteiger partial charge on any atom is -0.192 e. The Morgan fingerprint density at radius 3 is 2.30 bits per heavy atom. The van der Waals surface area contributed by atoms with Crippen LogP contribution < -0.4 is 0 Å². The number of hydrogen-bond donors (Lipinski definition) is 0. The van der Waals surface area contributed by atoms with Crippen LogP contribution in [0.3, 0.4) is 0 Å². The lowest BCUT2D eigenvalue weighted by molar-refractivity contribution is 1.42. The minimum absolute atomic E-state index is 0.481. The highest BCUT2D eigenvalue weighted by Gasteiger charge is 2.01. The third-order valence-corrected chi connectivity index (χ3v) is 2.13. The van der Waals surface area contributed by atoms with E-state index in [1.165, 1.54) is 11.8 Å². The summed E-state index contributed by atoms with van der Waals surface area (Å²) in [6, 6.07) is 1.98. The zero-order valence-electron chi connectivity index (χ0n) is 5.94. The van der Waals surface area contributed by atoms with Crippen LogP contribution in [0.1, 0.15) is 6.92 Å². The molecule has 0 aromatic heterocycles. The first kappa shape index (κ1) is 9.61. The zero-order valence-corrected chi connectivity index (χ0v) is 7.51. The van der Waals surface area contributed by atoms with E-state index in [0.29, 0.717) is 15.5 Å². The first-order valence-corrected chi connectivity index (χ1v) is 4.23. The summed E-state index contributed by atoms with van der Waals surface area (Å²) in [5.41, 5.74) is 1.19. The first-order chi connectivity index (χ1) is 4.63. The lowest BCUT2D eigenvalue weighted by Gasteiger charge is -1.97. The maximum Gasteiger partial charge on any atom is 0.102 e. The van der Waals surface area contributed by atoms with Crippen LogP contribution in [0.2, 0.25) is 0 Å². The highest BCUT2D eigenvalue weighted by Crippen LogP contribution is 2.24. The van der Waals surface area contributed by atoms with E-state index in [-0.39, 0.29) is 0 Å². The van der Waals surface area contributed by atoms with Crippen LogP contribution in [0.5, 0.6) is 0 Å². The summed E-state index contributed by atoms with van der Waals surface area (Å²) < 4.78 is 0.509.